The Morgan fingerprint density at radius 1 is 1.56 bits per heavy atom. The van der Waals surface area contributed by atoms with Gasteiger partial charge in [-0.1, -0.05) is 6.92 Å². The highest BCUT2D eigenvalue weighted by molar-refractivity contribution is 5.83. The zero-order valence-corrected chi connectivity index (χ0v) is 9.30. The van der Waals surface area contributed by atoms with Crippen molar-refractivity contribution in [3.8, 4) is 0 Å². The molecule has 6 nitrogen and oxygen atoms in total. The van der Waals surface area contributed by atoms with E-state index in [1.54, 1.807) is 0 Å². The zero-order chi connectivity index (χ0) is 11.5. The molecule has 2 heterocycles. The highest BCUT2D eigenvalue weighted by Gasteiger charge is 2.33. The summed E-state index contributed by atoms with van der Waals surface area (Å²) in [6, 6.07) is 0. The zero-order valence-electron chi connectivity index (χ0n) is 9.30. The van der Waals surface area contributed by atoms with Crippen molar-refractivity contribution in [2.75, 3.05) is 13.7 Å². The average molecular weight is 226 g/mol. The Morgan fingerprint density at radius 2 is 2.38 bits per heavy atom. The number of nitrogens with zero attached hydrogens (tertiary/aromatic N) is 2. The smallest absolute Gasteiger partial charge is 0.396 e. The Labute approximate surface area is 92.9 Å². The molecule has 2 unspecified atom stereocenters. The van der Waals surface area contributed by atoms with Crippen LogP contribution >= 0.6 is 0 Å². The maximum absolute atomic E-state index is 11.1. The standard InChI is InChI=1S/C10H14N2O4/c1-3-7-6(4-5-15-7)8-11-12-9(16-8)10(13)14-2/h6-7H,3-5H2,1-2H3. The van der Waals surface area contributed by atoms with Crippen molar-refractivity contribution < 1.29 is 18.7 Å². The van der Waals surface area contributed by atoms with Crippen LogP contribution in [0.15, 0.2) is 4.42 Å². The lowest BCUT2D eigenvalue weighted by Crippen LogP contribution is -2.13. The third-order valence-electron chi connectivity index (χ3n) is 2.73. The molecule has 16 heavy (non-hydrogen) atoms. The first-order valence-corrected chi connectivity index (χ1v) is 5.29. The summed E-state index contributed by atoms with van der Waals surface area (Å²) >= 11 is 0. The second-order valence-electron chi connectivity index (χ2n) is 3.65. The van der Waals surface area contributed by atoms with Crippen LogP contribution in [0.1, 0.15) is 42.3 Å². The van der Waals surface area contributed by atoms with Gasteiger partial charge in [-0.15, -0.1) is 10.2 Å². The van der Waals surface area contributed by atoms with Gasteiger partial charge in [0.05, 0.1) is 19.1 Å². The van der Waals surface area contributed by atoms with Crippen molar-refractivity contribution in [3.05, 3.63) is 11.8 Å². The molecule has 0 bridgehead atoms. The Kier molecular flexibility index (Phi) is 3.19. The summed E-state index contributed by atoms with van der Waals surface area (Å²) in [4.78, 5) is 11.1. The van der Waals surface area contributed by atoms with Gasteiger partial charge in [-0.05, 0) is 12.8 Å². The largest absolute Gasteiger partial charge is 0.462 e. The van der Waals surface area contributed by atoms with E-state index in [1.807, 2.05) is 6.92 Å². The van der Waals surface area contributed by atoms with Crippen LogP contribution in [0, 0.1) is 0 Å². The van der Waals surface area contributed by atoms with Crippen LogP contribution in [0.3, 0.4) is 0 Å². The van der Waals surface area contributed by atoms with Gasteiger partial charge in [0.15, 0.2) is 0 Å². The number of hydrogen-bond acceptors (Lipinski definition) is 6. The van der Waals surface area contributed by atoms with Crippen LogP contribution in [0.5, 0.6) is 0 Å². The molecule has 1 fully saturated rings. The normalized spacial score (nSPS) is 24.6. The van der Waals surface area contributed by atoms with Gasteiger partial charge in [-0.2, -0.15) is 0 Å². The molecule has 0 saturated carbocycles. The minimum Gasteiger partial charge on any atom is -0.462 e. The summed E-state index contributed by atoms with van der Waals surface area (Å²) in [5.74, 6) is -0.148. The lowest BCUT2D eigenvalue weighted by atomic mass is 10.00. The fourth-order valence-electron chi connectivity index (χ4n) is 1.89. The van der Waals surface area contributed by atoms with E-state index in [4.69, 9.17) is 9.15 Å². The highest BCUT2D eigenvalue weighted by atomic mass is 16.5. The van der Waals surface area contributed by atoms with Gasteiger partial charge in [0.25, 0.3) is 0 Å². The Bertz CT molecular complexity index is 377. The Balaban J connectivity index is 2.15. The lowest BCUT2D eigenvalue weighted by molar-refractivity contribution is 0.0549. The van der Waals surface area contributed by atoms with Crippen molar-refractivity contribution in [2.24, 2.45) is 0 Å². The number of hydrogen-bond donors (Lipinski definition) is 0. The second kappa shape index (κ2) is 4.61. The summed E-state index contributed by atoms with van der Waals surface area (Å²) in [7, 11) is 1.28. The summed E-state index contributed by atoms with van der Waals surface area (Å²) in [5, 5.41) is 7.52. The van der Waals surface area contributed by atoms with Gasteiger partial charge >= 0.3 is 11.9 Å². The van der Waals surface area contributed by atoms with Gasteiger partial charge < -0.3 is 13.9 Å². The van der Waals surface area contributed by atoms with Crippen molar-refractivity contribution in [2.45, 2.75) is 31.8 Å². The van der Waals surface area contributed by atoms with Crippen molar-refractivity contribution in [1.82, 2.24) is 10.2 Å². The van der Waals surface area contributed by atoms with Crippen molar-refractivity contribution in [1.29, 1.82) is 0 Å². The van der Waals surface area contributed by atoms with E-state index in [1.165, 1.54) is 7.11 Å². The molecule has 88 valence electrons. The van der Waals surface area contributed by atoms with E-state index in [-0.39, 0.29) is 17.9 Å². The van der Waals surface area contributed by atoms with Crippen LogP contribution in [-0.4, -0.2) is 36.0 Å². The number of ether oxygens (including phenoxy) is 2. The number of carbonyl (C=O) groups excluding carboxylic acids is 1. The molecule has 1 saturated heterocycles. The van der Waals surface area contributed by atoms with Crippen molar-refractivity contribution >= 4 is 5.97 Å². The molecular weight excluding hydrogens is 212 g/mol. The minimum absolute atomic E-state index is 0.0934. The molecule has 1 aromatic rings. The van der Waals surface area contributed by atoms with Gasteiger partial charge in [-0.3, -0.25) is 0 Å². The first kappa shape index (κ1) is 11.1. The molecule has 1 aromatic heterocycles. The SMILES string of the molecule is CCC1OCCC1c1nnc(C(=O)OC)o1. The molecule has 6 heteroatoms. The van der Waals surface area contributed by atoms with Crippen LogP contribution in [-0.2, 0) is 9.47 Å². The quantitative estimate of drug-likeness (QED) is 0.719. The molecule has 1 aliphatic rings. The fraction of sp³-hybridized carbons (Fsp3) is 0.700. The summed E-state index contributed by atoms with van der Waals surface area (Å²) in [6.45, 7) is 2.74. The highest BCUT2D eigenvalue weighted by Crippen LogP contribution is 2.32. The summed E-state index contributed by atoms with van der Waals surface area (Å²) in [5.41, 5.74) is 0. The van der Waals surface area contributed by atoms with Crippen molar-refractivity contribution in [3.63, 3.8) is 0 Å². The molecule has 0 amide bonds. The number of esters is 1. The van der Waals surface area contributed by atoms with E-state index in [9.17, 15) is 4.79 Å². The number of aromatic nitrogens is 2. The van der Waals surface area contributed by atoms with Crippen LogP contribution in [0.25, 0.3) is 0 Å². The lowest BCUT2D eigenvalue weighted by Gasteiger charge is -2.11. The maximum Gasteiger partial charge on any atom is 0.396 e. The topological polar surface area (TPSA) is 74.5 Å². The first-order valence-electron chi connectivity index (χ1n) is 5.29. The van der Waals surface area contributed by atoms with E-state index in [0.717, 1.165) is 12.8 Å². The van der Waals surface area contributed by atoms with Gasteiger partial charge in [0.2, 0.25) is 5.89 Å². The Morgan fingerprint density at radius 3 is 3.06 bits per heavy atom. The molecule has 0 spiro atoms. The van der Waals surface area contributed by atoms with E-state index < -0.39 is 5.97 Å². The second-order valence-corrected chi connectivity index (χ2v) is 3.65. The number of methoxy groups -OCH3 is 1. The molecule has 0 aromatic carbocycles. The molecule has 2 atom stereocenters. The van der Waals surface area contributed by atoms with Crippen LogP contribution in [0.4, 0.5) is 0 Å². The molecule has 0 radical (unpaired) electrons. The van der Waals surface area contributed by atoms with Gasteiger partial charge in [0, 0.05) is 6.61 Å². The van der Waals surface area contributed by atoms with Crippen LogP contribution in [0.2, 0.25) is 0 Å². The Hall–Kier alpha value is -1.43. The van der Waals surface area contributed by atoms with Crippen LogP contribution < -0.4 is 0 Å². The fourth-order valence-corrected chi connectivity index (χ4v) is 1.89. The third kappa shape index (κ3) is 1.92. The van der Waals surface area contributed by atoms with Gasteiger partial charge in [-0.25, -0.2) is 4.79 Å². The molecule has 2 rings (SSSR count). The number of carbonyl (C=O) groups is 1. The summed E-state index contributed by atoms with van der Waals surface area (Å²) < 4.78 is 15.3. The third-order valence-corrected chi connectivity index (χ3v) is 2.73. The number of rotatable bonds is 3. The van der Waals surface area contributed by atoms with Gasteiger partial charge in [0.1, 0.15) is 0 Å². The average Bonchev–Trinajstić information content (AvgIpc) is 2.95. The predicted octanol–water partition coefficient (Wildman–Crippen LogP) is 1.14. The predicted molar refractivity (Wildman–Crippen MR) is 53.0 cm³/mol. The molecule has 0 aliphatic carbocycles. The maximum atomic E-state index is 11.1. The van der Waals surface area contributed by atoms with E-state index in [0.29, 0.717) is 12.5 Å². The van der Waals surface area contributed by atoms with E-state index in [2.05, 4.69) is 14.9 Å². The minimum atomic E-state index is -0.606. The first-order chi connectivity index (χ1) is 7.76. The summed E-state index contributed by atoms with van der Waals surface area (Å²) in [6.07, 6.45) is 1.84. The molecule has 1 aliphatic heterocycles. The molecular formula is C10H14N2O4. The van der Waals surface area contributed by atoms with E-state index >= 15 is 0 Å². The molecule has 0 N–H and O–H groups in total. The monoisotopic (exact) mass is 226 g/mol.